The third-order valence-corrected chi connectivity index (χ3v) is 6.82. The van der Waals surface area contributed by atoms with Crippen molar-refractivity contribution >= 4 is 33.2 Å². The number of benzene rings is 1. The van der Waals surface area contributed by atoms with E-state index in [1.807, 2.05) is 12.1 Å². The summed E-state index contributed by atoms with van der Waals surface area (Å²) in [7, 11) is 0. The quantitative estimate of drug-likeness (QED) is 0.647. The number of thiazole rings is 1. The van der Waals surface area contributed by atoms with E-state index in [9.17, 15) is 4.79 Å². The van der Waals surface area contributed by atoms with Crippen molar-refractivity contribution < 1.29 is 4.79 Å². The Morgan fingerprint density at radius 2 is 2.07 bits per heavy atom. The molecule has 2 aliphatic rings. The first-order valence-electron chi connectivity index (χ1n) is 9.77. The molecule has 0 atom stereocenters. The van der Waals surface area contributed by atoms with Gasteiger partial charge in [-0.1, -0.05) is 28.1 Å². The molecule has 1 aliphatic carbocycles. The highest BCUT2D eigenvalue weighted by Gasteiger charge is 2.36. The lowest BCUT2D eigenvalue weighted by atomic mass is 9.94. The fraction of sp³-hybridized carbons (Fsp3) is 0.524. The lowest BCUT2D eigenvalue weighted by Crippen LogP contribution is -2.43. The fourth-order valence-electron chi connectivity index (χ4n) is 3.89. The predicted molar refractivity (Wildman–Crippen MR) is 113 cm³/mol. The minimum atomic E-state index is 0.172. The summed E-state index contributed by atoms with van der Waals surface area (Å²) in [5, 5.41) is 3.28. The average molecular weight is 448 g/mol. The molecule has 144 valence electrons. The van der Waals surface area contributed by atoms with E-state index in [0.29, 0.717) is 11.9 Å². The zero-order valence-electron chi connectivity index (χ0n) is 15.7. The van der Waals surface area contributed by atoms with Gasteiger partial charge in [0.05, 0.1) is 10.7 Å². The number of carbonyl (C=O) groups is 1. The van der Waals surface area contributed by atoms with Crippen LogP contribution in [0.1, 0.15) is 41.9 Å². The topological polar surface area (TPSA) is 36.4 Å². The number of rotatable bonds is 6. The van der Waals surface area contributed by atoms with Crippen LogP contribution in [0.2, 0.25) is 0 Å². The van der Waals surface area contributed by atoms with Gasteiger partial charge in [-0.05, 0) is 63.4 Å². The third-order valence-electron chi connectivity index (χ3n) is 5.50. The lowest BCUT2D eigenvalue weighted by molar-refractivity contribution is -0.138. The number of halogens is 1. The highest BCUT2D eigenvalue weighted by atomic mass is 79.9. The third kappa shape index (κ3) is 4.98. The molecular weight excluding hydrogens is 422 g/mol. The van der Waals surface area contributed by atoms with Crippen LogP contribution in [0.5, 0.6) is 0 Å². The summed E-state index contributed by atoms with van der Waals surface area (Å²) < 4.78 is 1.08. The van der Waals surface area contributed by atoms with E-state index >= 15 is 0 Å². The van der Waals surface area contributed by atoms with Crippen LogP contribution in [0.4, 0.5) is 0 Å². The largest absolute Gasteiger partial charge is 0.335 e. The van der Waals surface area contributed by atoms with E-state index in [1.54, 1.807) is 11.3 Å². The van der Waals surface area contributed by atoms with Crippen LogP contribution in [0.3, 0.4) is 0 Å². The Balaban J connectivity index is 1.34. The summed E-state index contributed by atoms with van der Waals surface area (Å²) in [4.78, 5) is 22.4. The number of nitrogens with zero attached hydrogens (tertiary/aromatic N) is 3. The van der Waals surface area contributed by atoms with Gasteiger partial charge in [-0.25, -0.2) is 4.98 Å². The van der Waals surface area contributed by atoms with E-state index in [4.69, 9.17) is 0 Å². The zero-order chi connectivity index (χ0) is 18.8. The number of carbonyl (C=O) groups excluding carboxylic acids is 1. The molecule has 1 aromatic heterocycles. The van der Waals surface area contributed by atoms with Gasteiger partial charge in [0.2, 0.25) is 5.91 Å². The molecule has 27 heavy (non-hydrogen) atoms. The van der Waals surface area contributed by atoms with Gasteiger partial charge >= 0.3 is 0 Å². The molecule has 1 amide bonds. The second kappa shape index (κ2) is 8.41. The van der Waals surface area contributed by atoms with Crippen LogP contribution < -0.4 is 0 Å². The van der Waals surface area contributed by atoms with Gasteiger partial charge < -0.3 is 4.90 Å². The first-order valence-corrected chi connectivity index (χ1v) is 11.4. The number of aryl methyl sites for hydroxylation is 1. The minimum absolute atomic E-state index is 0.172. The maximum absolute atomic E-state index is 13.2. The second-order valence-electron chi connectivity index (χ2n) is 7.74. The molecule has 2 aromatic rings. The van der Waals surface area contributed by atoms with E-state index in [2.05, 4.69) is 55.2 Å². The van der Waals surface area contributed by atoms with E-state index < -0.39 is 0 Å². The minimum Gasteiger partial charge on any atom is -0.335 e. The first kappa shape index (κ1) is 19.1. The highest BCUT2D eigenvalue weighted by Crippen LogP contribution is 2.32. The number of piperidine rings is 1. The summed E-state index contributed by atoms with van der Waals surface area (Å²) >= 11 is 5.25. The highest BCUT2D eigenvalue weighted by molar-refractivity contribution is 9.10. The molecule has 1 aliphatic heterocycles. The summed E-state index contributed by atoms with van der Waals surface area (Å²) in [6, 6.07) is 8.78. The van der Waals surface area contributed by atoms with Crippen molar-refractivity contribution in [2.75, 3.05) is 13.1 Å². The Hall–Kier alpha value is -1.24. The van der Waals surface area contributed by atoms with Gasteiger partial charge in [-0.15, -0.1) is 11.3 Å². The van der Waals surface area contributed by atoms with Crippen molar-refractivity contribution in [3.63, 3.8) is 0 Å². The van der Waals surface area contributed by atoms with Crippen molar-refractivity contribution in [3.05, 3.63) is 50.4 Å². The molecule has 0 unspecified atom stereocenters. The van der Waals surface area contributed by atoms with E-state index in [0.717, 1.165) is 67.0 Å². The summed E-state index contributed by atoms with van der Waals surface area (Å²) in [5.41, 5.74) is 2.37. The second-order valence-corrected chi connectivity index (χ2v) is 9.71. The SMILES string of the molecule is Cc1nc(CN2CCC(C(=O)N(Cc3cccc(Br)c3)C3CC3)CC2)cs1. The van der Waals surface area contributed by atoms with Crippen molar-refractivity contribution in [2.45, 2.75) is 51.7 Å². The van der Waals surface area contributed by atoms with Crippen LogP contribution >= 0.6 is 27.3 Å². The van der Waals surface area contributed by atoms with Crippen LogP contribution in [-0.4, -0.2) is 39.8 Å². The Kier molecular flexibility index (Phi) is 5.95. The van der Waals surface area contributed by atoms with Crippen molar-refractivity contribution in [1.29, 1.82) is 0 Å². The Morgan fingerprint density at radius 1 is 1.30 bits per heavy atom. The van der Waals surface area contributed by atoms with Crippen LogP contribution in [0.15, 0.2) is 34.1 Å². The molecule has 1 aromatic carbocycles. The number of amides is 1. The van der Waals surface area contributed by atoms with Crippen molar-refractivity contribution in [1.82, 2.24) is 14.8 Å². The summed E-state index contributed by atoms with van der Waals surface area (Å²) in [6.07, 6.45) is 4.23. The molecule has 4 rings (SSSR count). The molecule has 0 radical (unpaired) electrons. The molecule has 1 saturated carbocycles. The summed E-state index contributed by atoms with van der Waals surface area (Å²) in [6.45, 7) is 5.68. The number of hydrogen-bond acceptors (Lipinski definition) is 4. The summed E-state index contributed by atoms with van der Waals surface area (Å²) in [5.74, 6) is 0.535. The van der Waals surface area contributed by atoms with Gasteiger partial charge in [-0.3, -0.25) is 9.69 Å². The molecule has 6 heteroatoms. The standard InChI is InChI=1S/C21H26BrN3OS/c1-15-23-19(14-27-15)13-24-9-7-17(8-10-24)21(26)25(20-5-6-20)12-16-3-2-4-18(22)11-16/h2-4,11,14,17,20H,5-10,12-13H2,1H3. The van der Waals surface area contributed by atoms with Gasteiger partial charge in [0.25, 0.3) is 0 Å². The predicted octanol–water partition coefficient (Wildman–Crippen LogP) is 4.62. The van der Waals surface area contributed by atoms with Gasteiger partial charge in [0, 0.05) is 34.9 Å². The van der Waals surface area contributed by atoms with Gasteiger partial charge in [-0.2, -0.15) is 0 Å². The normalized spacial score (nSPS) is 18.6. The molecule has 0 spiro atoms. The molecule has 1 saturated heterocycles. The Bertz CT molecular complexity index is 796. The molecule has 2 fully saturated rings. The zero-order valence-corrected chi connectivity index (χ0v) is 18.1. The van der Waals surface area contributed by atoms with Gasteiger partial charge in [0.15, 0.2) is 0 Å². The Labute approximate surface area is 173 Å². The molecule has 2 heterocycles. The maximum atomic E-state index is 13.2. The van der Waals surface area contributed by atoms with Gasteiger partial charge in [0.1, 0.15) is 0 Å². The fourth-order valence-corrected chi connectivity index (χ4v) is 4.94. The van der Waals surface area contributed by atoms with Crippen molar-refractivity contribution in [3.8, 4) is 0 Å². The molecule has 0 N–H and O–H groups in total. The van der Waals surface area contributed by atoms with E-state index in [-0.39, 0.29) is 5.92 Å². The number of likely N-dealkylation sites (tertiary alicyclic amines) is 1. The van der Waals surface area contributed by atoms with E-state index in [1.165, 1.54) is 5.56 Å². The van der Waals surface area contributed by atoms with Crippen LogP contribution in [0, 0.1) is 12.8 Å². The smallest absolute Gasteiger partial charge is 0.226 e. The lowest BCUT2D eigenvalue weighted by Gasteiger charge is -2.34. The Morgan fingerprint density at radius 3 is 2.70 bits per heavy atom. The first-order chi connectivity index (χ1) is 13.1. The average Bonchev–Trinajstić information content (AvgIpc) is 3.42. The maximum Gasteiger partial charge on any atom is 0.226 e. The number of aromatic nitrogens is 1. The molecule has 4 nitrogen and oxygen atoms in total. The number of hydrogen-bond donors (Lipinski definition) is 0. The monoisotopic (exact) mass is 447 g/mol. The molecule has 0 bridgehead atoms. The molecular formula is C21H26BrN3OS. The van der Waals surface area contributed by atoms with Crippen LogP contribution in [0.25, 0.3) is 0 Å². The van der Waals surface area contributed by atoms with Crippen LogP contribution in [-0.2, 0) is 17.9 Å². The van der Waals surface area contributed by atoms with Crippen molar-refractivity contribution in [2.24, 2.45) is 5.92 Å².